The van der Waals surface area contributed by atoms with Crippen LogP contribution in [0.3, 0.4) is 0 Å². The van der Waals surface area contributed by atoms with Crippen molar-refractivity contribution in [2.24, 2.45) is 17.1 Å². The van der Waals surface area contributed by atoms with Gasteiger partial charge in [-0.05, 0) is 32.6 Å². The molecule has 3 aliphatic rings. The summed E-state index contributed by atoms with van der Waals surface area (Å²) in [6.07, 6.45) is 4.05. The Kier molecular flexibility index (Phi) is 3.79. The van der Waals surface area contributed by atoms with Crippen LogP contribution in [0.25, 0.3) is 0 Å². The number of nitrogens with two attached hydrogens (primary N) is 1. The standard InChI is InChI=1S/C16H28N2O3/c1-10-9-11(6-8-20-10)18-14(19)16(17)12-5-4-7-21-13(12)15(16,2)3/h10-13H,4-9,17H2,1-3H3,(H,18,19). The van der Waals surface area contributed by atoms with Gasteiger partial charge in [-0.3, -0.25) is 4.79 Å². The van der Waals surface area contributed by atoms with Crippen molar-refractivity contribution in [3.05, 3.63) is 0 Å². The van der Waals surface area contributed by atoms with E-state index in [2.05, 4.69) is 26.1 Å². The van der Waals surface area contributed by atoms with Crippen LogP contribution >= 0.6 is 0 Å². The predicted molar refractivity (Wildman–Crippen MR) is 79.7 cm³/mol. The van der Waals surface area contributed by atoms with Crippen LogP contribution < -0.4 is 11.1 Å². The molecular formula is C16H28N2O3. The smallest absolute Gasteiger partial charge is 0.241 e. The van der Waals surface area contributed by atoms with Crippen LogP contribution in [0, 0.1) is 11.3 Å². The predicted octanol–water partition coefficient (Wildman–Crippen LogP) is 1.20. The molecule has 5 nitrogen and oxygen atoms in total. The van der Waals surface area contributed by atoms with E-state index in [-0.39, 0.29) is 35.5 Å². The van der Waals surface area contributed by atoms with Gasteiger partial charge in [0.25, 0.3) is 0 Å². The summed E-state index contributed by atoms with van der Waals surface area (Å²) in [6, 6.07) is 0.182. The highest BCUT2D eigenvalue weighted by Crippen LogP contribution is 2.57. The Morgan fingerprint density at radius 3 is 2.71 bits per heavy atom. The zero-order chi connectivity index (χ0) is 15.3. The third-order valence-electron chi connectivity index (χ3n) is 5.88. The molecule has 0 aromatic rings. The van der Waals surface area contributed by atoms with Gasteiger partial charge in [0.15, 0.2) is 0 Å². The van der Waals surface area contributed by atoms with Gasteiger partial charge in [-0.15, -0.1) is 0 Å². The summed E-state index contributed by atoms with van der Waals surface area (Å²) in [5.41, 5.74) is 5.49. The molecule has 3 N–H and O–H groups in total. The molecule has 0 radical (unpaired) electrons. The summed E-state index contributed by atoms with van der Waals surface area (Å²) in [7, 11) is 0. The molecule has 1 amide bonds. The molecule has 2 aliphatic heterocycles. The highest BCUT2D eigenvalue weighted by atomic mass is 16.5. The van der Waals surface area contributed by atoms with Crippen molar-refractivity contribution >= 4 is 5.91 Å². The van der Waals surface area contributed by atoms with E-state index in [1.165, 1.54) is 0 Å². The maximum atomic E-state index is 12.9. The Hall–Kier alpha value is -0.650. The summed E-state index contributed by atoms with van der Waals surface area (Å²) >= 11 is 0. The molecule has 21 heavy (non-hydrogen) atoms. The fourth-order valence-electron chi connectivity index (χ4n) is 4.47. The van der Waals surface area contributed by atoms with Crippen molar-refractivity contribution in [1.29, 1.82) is 0 Å². The van der Waals surface area contributed by atoms with Crippen molar-refractivity contribution in [3.8, 4) is 0 Å². The van der Waals surface area contributed by atoms with Gasteiger partial charge in [0, 0.05) is 30.6 Å². The van der Waals surface area contributed by atoms with E-state index in [4.69, 9.17) is 15.2 Å². The lowest BCUT2D eigenvalue weighted by atomic mass is 9.46. The lowest BCUT2D eigenvalue weighted by Crippen LogP contribution is -2.82. The number of fused-ring (bicyclic) bond motifs is 1. The molecule has 2 heterocycles. The second-order valence-electron chi connectivity index (χ2n) is 7.51. The molecule has 5 heteroatoms. The minimum Gasteiger partial charge on any atom is -0.378 e. The summed E-state index contributed by atoms with van der Waals surface area (Å²) < 4.78 is 11.4. The third kappa shape index (κ3) is 2.21. The molecule has 2 saturated heterocycles. The molecular weight excluding hydrogens is 268 g/mol. The zero-order valence-corrected chi connectivity index (χ0v) is 13.4. The first-order valence-electron chi connectivity index (χ1n) is 8.20. The van der Waals surface area contributed by atoms with Crippen LogP contribution in [-0.4, -0.2) is 42.9 Å². The number of ether oxygens (including phenoxy) is 2. The average Bonchev–Trinajstić information content (AvgIpc) is 2.46. The Morgan fingerprint density at radius 2 is 2.00 bits per heavy atom. The number of hydrogen-bond donors (Lipinski definition) is 2. The first-order chi connectivity index (χ1) is 9.87. The number of amides is 1. The molecule has 120 valence electrons. The highest BCUT2D eigenvalue weighted by Gasteiger charge is 2.70. The lowest BCUT2D eigenvalue weighted by molar-refractivity contribution is -0.225. The Labute approximate surface area is 126 Å². The van der Waals surface area contributed by atoms with Crippen molar-refractivity contribution in [1.82, 2.24) is 5.32 Å². The second-order valence-corrected chi connectivity index (χ2v) is 7.51. The van der Waals surface area contributed by atoms with Crippen LogP contribution in [-0.2, 0) is 14.3 Å². The fourth-order valence-corrected chi connectivity index (χ4v) is 4.47. The van der Waals surface area contributed by atoms with Gasteiger partial charge in [-0.1, -0.05) is 13.8 Å². The number of carbonyl (C=O) groups is 1. The minimum atomic E-state index is -0.806. The van der Waals surface area contributed by atoms with E-state index in [9.17, 15) is 4.79 Å². The molecule has 3 fully saturated rings. The van der Waals surface area contributed by atoms with Gasteiger partial charge in [0.1, 0.15) is 5.54 Å². The molecule has 1 saturated carbocycles. The van der Waals surface area contributed by atoms with E-state index >= 15 is 0 Å². The number of nitrogens with one attached hydrogen (secondary N) is 1. The quantitative estimate of drug-likeness (QED) is 0.803. The molecule has 0 spiro atoms. The highest BCUT2D eigenvalue weighted by molar-refractivity contribution is 5.89. The molecule has 5 unspecified atom stereocenters. The number of carbonyl (C=O) groups excluding carboxylic acids is 1. The van der Waals surface area contributed by atoms with Gasteiger partial charge >= 0.3 is 0 Å². The first-order valence-corrected chi connectivity index (χ1v) is 8.20. The van der Waals surface area contributed by atoms with E-state index in [1.54, 1.807) is 0 Å². The van der Waals surface area contributed by atoms with Crippen LogP contribution in [0.5, 0.6) is 0 Å². The number of hydrogen-bond acceptors (Lipinski definition) is 4. The molecule has 0 bridgehead atoms. The van der Waals surface area contributed by atoms with Crippen molar-refractivity contribution in [2.75, 3.05) is 13.2 Å². The molecule has 0 aromatic heterocycles. The average molecular weight is 296 g/mol. The summed E-state index contributed by atoms with van der Waals surface area (Å²) in [6.45, 7) is 7.67. The fraction of sp³-hybridized carbons (Fsp3) is 0.938. The Balaban J connectivity index is 1.70. The molecule has 5 atom stereocenters. The van der Waals surface area contributed by atoms with Crippen LogP contribution in [0.15, 0.2) is 0 Å². The van der Waals surface area contributed by atoms with Gasteiger partial charge in [-0.25, -0.2) is 0 Å². The van der Waals surface area contributed by atoms with Crippen LogP contribution in [0.2, 0.25) is 0 Å². The summed E-state index contributed by atoms with van der Waals surface area (Å²) in [4.78, 5) is 12.9. The van der Waals surface area contributed by atoms with E-state index < -0.39 is 5.54 Å². The number of rotatable bonds is 2. The molecule has 0 aromatic carbocycles. The summed E-state index contributed by atoms with van der Waals surface area (Å²) in [5.74, 6) is 0.150. The molecule has 3 rings (SSSR count). The van der Waals surface area contributed by atoms with Crippen LogP contribution in [0.1, 0.15) is 46.5 Å². The van der Waals surface area contributed by atoms with E-state index in [1.807, 2.05) is 0 Å². The van der Waals surface area contributed by atoms with Gasteiger partial charge in [0.05, 0.1) is 12.2 Å². The van der Waals surface area contributed by atoms with Crippen LogP contribution in [0.4, 0.5) is 0 Å². The maximum absolute atomic E-state index is 12.9. The first kappa shape index (κ1) is 15.3. The van der Waals surface area contributed by atoms with Crippen molar-refractivity contribution in [3.63, 3.8) is 0 Å². The van der Waals surface area contributed by atoms with Gasteiger partial charge in [0.2, 0.25) is 5.91 Å². The van der Waals surface area contributed by atoms with Gasteiger partial charge < -0.3 is 20.5 Å². The Bertz CT molecular complexity index is 426. The normalized spacial score (nSPS) is 45.3. The minimum absolute atomic E-state index is 0.00153. The third-order valence-corrected chi connectivity index (χ3v) is 5.88. The van der Waals surface area contributed by atoms with E-state index in [0.29, 0.717) is 6.61 Å². The Morgan fingerprint density at radius 1 is 1.24 bits per heavy atom. The zero-order valence-electron chi connectivity index (χ0n) is 13.4. The molecule has 1 aliphatic carbocycles. The largest absolute Gasteiger partial charge is 0.378 e. The summed E-state index contributed by atoms with van der Waals surface area (Å²) in [5, 5.41) is 3.18. The second kappa shape index (κ2) is 5.21. The topological polar surface area (TPSA) is 73.6 Å². The lowest BCUT2D eigenvalue weighted by Gasteiger charge is -2.65. The van der Waals surface area contributed by atoms with Crippen molar-refractivity contribution < 1.29 is 14.3 Å². The monoisotopic (exact) mass is 296 g/mol. The van der Waals surface area contributed by atoms with Crippen molar-refractivity contribution in [2.45, 2.75) is 70.2 Å². The van der Waals surface area contributed by atoms with E-state index in [0.717, 1.165) is 32.3 Å². The van der Waals surface area contributed by atoms with Gasteiger partial charge in [-0.2, -0.15) is 0 Å². The maximum Gasteiger partial charge on any atom is 0.241 e. The SMILES string of the molecule is CC1CC(NC(=O)C2(N)C3CCCOC3C2(C)C)CCO1.